The second-order valence-corrected chi connectivity index (χ2v) is 5.06. The van der Waals surface area contributed by atoms with E-state index in [1.54, 1.807) is 30.3 Å². The zero-order valence-electron chi connectivity index (χ0n) is 9.45. The summed E-state index contributed by atoms with van der Waals surface area (Å²) in [6.07, 6.45) is 0. The normalized spacial score (nSPS) is 11.3. The molecule has 2 rings (SSSR count). The maximum absolute atomic E-state index is 13.8. The molecule has 0 aromatic heterocycles. The van der Waals surface area contributed by atoms with Crippen molar-refractivity contribution in [1.82, 2.24) is 0 Å². The Balaban J connectivity index is 2.03. The molecule has 0 amide bonds. The van der Waals surface area contributed by atoms with E-state index in [-0.39, 0.29) is 5.56 Å². The Morgan fingerprint density at radius 1 is 0.944 bits per heavy atom. The van der Waals surface area contributed by atoms with Crippen LogP contribution in [0.4, 0.5) is 8.78 Å². The van der Waals surface area contributed by atoms with E-state index in [1.165, 1.54) is 12.1 Å². The second kappa shape index (κ2) is 5.65. The average Bonchev–Trinajstić information content (AvgIpc) is 2.39. The van der Waals surface area contributed by atoms with Gasteiger partial charge in [-0.25, -0.2) is 0 Å². The summed E-state index contributed by atoms with van der Waals surface area (Å²) in [7, 11) is 0. The lowest BCUT2D eigenvalue weighted by molar-refractivity contribution is -0.0467. The topological polar surface area (TPSA) is 9.23 Å². The minimum atomic E-state index is -2.98. The molecular formula is C14H11F2IO. The summed E-state index contributed by atoms with van der Waals surface area (Å²) in [5.41, 5.74) is -0.0319. The van der Waals surface area contributed by atoms with Crippen LogP contribution in [0.1, 0.15) is 5.56 Å². The van der Waals surface area contributed by atoms with Crippen LogP contribution in [0.3, 0.4) is 0 Å². The Bertz CT molecular complexity index is 497. The first-order chi connectivity index (χ1) is 8.58. The third-order valence-corrected chi connectivity index (χ3v) is 3.15. The van der Waals surface area contributed by atoms with Crippen molar-refractivity contribution in [1.29, 1.82) is 0 Å². The van der Waals surface area contributed by atoms with Crippen molar-refractivity contribution in [3.8, 4) is 5.75 Å². The summed E-state index contributed by atoms with van der Waals surface area (Å²) in [5.74, 6) is -2.53. The first-order valence-corrected chi connectivity index (χ1v) is 6.47. The number of benzene rings is 2. The summed E-state index contributed by atoms with van der Waals surface area (Å²) in [4.78, 5) is 0. The van der Waals surface area contributed by atoms with Crippen molar-refractivity contribution in [3.05, 3.63) is 63.7 Å². The Morgan fingerprint density at radius 3 is 2.17 bits per heavy atom. The van der Waals surface area contributed by atoms with Crippen molar-refractivity contribution in [2.45, 2.75) is 5.92 Å². The number of hydrogen-bond donors (Lipinski definition) is 0. The van der Waals surface area contributed by atoms with Gasteiger partial charge >= 0.3 is 5.92 Å². The molecule has 0 spiro atoms. The minimum Gasteiger partial charge on any atom is -0.487 e. The summed E-state index contributed by atoms with van der Waals surface area (Å²) in [6.45, 7) is -0.655. The number of rotatable bonds is 4. The summed E-state index contributed by atoms with van der Waals surface area (Å²) >= 11 is 2.15. The Morgan fingerprint density at radius 2 is 1.56 bits per heavy atom. The van der Waals surface area contributed by atoms with Gasteiger partial charge < -0.3 is 4.74 Å². The smallest absolute Gasteiger partial charge is 0.306 e. The molecule has 0 aliphatic carbocycles. The molecule has 94 valence electrons. The van der Waals surface area contributed by atoms with Crippen LogP contribution in [0.2, 0.25) is 0 Å². The van der Waals surface area contributed by atoms with Crippen LogP contribution < -0.4 is 4.74 Å². The van der Waals surface area contributed by atoms with E-state index in [9.17, 15) is 8.78 Å². The monoisotopic (exact) mass is 360 g/mol. The molecule has 1 nitrogen and oxygen atoms in total. The van der Waals surface area contributed by atoms with Gasteiger partial charge in [0.2, 0.25) is 0 Å². The van der Waals surface area contributed by atoms with Crippen molar-refractivity contribution in [3.63, 3.8) is 0 Å². The molecule has 0 saturated heterocycles. The summed E-state index contributed by atoms with van der Waals surface area (Å²) in [6, 6.07) is 14.7. The van der Waals surface area contributed by atoms with E-state index >= 15 is 0 Å². The molecule has 18 heavy (non-hydrogen) atoms. The van der Waals surface area contributed by atoms with Crippen LogP contribution in [0.5, 0.6) is 5.75 Å². The molecule has 0 atom stereocenters. The summed E-state index contributed by atoms with van der Waals surface area (Å²) < 4.78 is 33.8. The molecule has 4 heteroatoms. The number of hydrogen-bond acceptors (Lipinski definition) is 1. The fourth-order valence-electron chi connectivity index (χ4n) is 1.47. The molecule has 0 unspecified atom stereocenters. The molecule has 0 aliphatic rings. The largest absolute Gasteiger partial charge is 0.487 e. The van der Waals surface area contributed by atoms with E-state index in [0.29, 0.717) is 5.75 Å². The van der Waals surface area contributed by atoms with Gasteiger partial charge in [0.15, 0.2) is 6.61 Å². The van der Waals surface area contributed by atoms with Gasteiger partial charge in [0, 0.05) is 9.13 Å². The summed E-state index contributed by atoms with van der Waals surface area (Å²) in [5, 5.41) is 0. The predicted molar refractivity (Wildman–Crippen MR) is 75.0 cm³/mol. The molecule has 0 N–H and O–H groups in total. The maximum atomic E-state index is 13.8. The number of alkyl halides is 2. The van der Waals surface area contributed by atoms with Crippen LogP contribution in [0, 0.1) is 3.57 Å². The van der Waals surface area contributed by atoms with E-state index in [2.05, 4.69) is 22.6 Å². The van der Waals surface area contributed by atoms with E-state index in [1.807, 2.05) is 12.1 Å². The van der Waals surface area contributed by atoms with Gasteiger partial charge in [-0.1, -0.05) is 30.3 Å². The van der Waals surface area contributed by atoms with Crippen molar-refractivity contribution < 1.29 is 13.5 Å². The third-order valence-electron chi connectivity index (χ3n) is 2.43. The molecule has 0 radical (unpaired) electrons. The van der Waals surface area contributed by atoms with Crippen molar-refractivity contribution >= 4 is 22.6 Å². The van der Waals surface area contributed by atoms with Crippen LogP contribution in [0.15, 0.2) is 54.6 Å². The average molecular weight is 360 g/mol. The highest BCUT2D eigenvalue weighted by Crippen LogP contribution is 2.28. The lowest BCUT2D eigenvalue weighted by atomic mass is 10.1. The molecule has 0 bridgehead atoms. The fourth-order valence-corrected chi connectivity index (χ4v) is 1.83. The minimum absolute atomic E-state index is 0.0319. The predicted octanol–water partition coefficient (Wildman–Crippen LogP) is 4.46. The van der Waals surface area contributed by atoms with E-state index < -0.39 is 12.5 Å². The van der Waals surface area contributed by atoms with Gasteiger partial charge in [-0.3, -0.25) is 0 Å². The number of ether oxygens (including phenoxy) is 1. The second-order valence-electron chi connectivity index (χ2n) is 3.81. The van der Waals surface area contributed by atoms with Crippen LogP contribution >= 0.6 is 22.6 Å². The van der Waals surface area contributed by atoms with Crippen LogP contribution in [-0.2, 0) is 5.92 Å². The third kappa shape index (κ3) is 3.41. The van der Waals surface area contributed by atoms with Gasteiger partial charge in [0.25, 0.3) is 0 Å². The first kappa shape index (κ1) is 13.3. The molecular weight excluding hydrogens is 349 g/mol. The Hall–Kier alpha value is -1.17. The van der Waals surface area contributed by atoms with Crippen molar-refractivity contribution in [2.75, 3.05) is 6.61 Å². The maximum Gasteiger partial charge on any atom is 0.306 e. The molecule has 0 saturated carbocycles. The van der Waals surface area contributed by atoms with Gasteiger partial charge in [0.05, 0.1) is 0 Å². The zero-order chi connectivity index (χ0) is 13.0. The van der Waals surface area contributed by atoms with Gasteiger partial charge in [-0.15, -0.1) is 0 Å². The molecule has 2 aromatic rings. The van der Waals surface area contributed by atoms with E-state index in [4.69, 9.17) is 4.74 Å². The Labute approximate surface area is 118 Å². The van der Waals surface area contributed by atoms with Gasteiger partial charge in [-0.05, 0) is 46.9 Å². The number of halogens is 3. The van der Waals surface area contributed by atoms with Crippen LogP contribution in [-0.4, -0.2) is 6.61 Å². The first-order valence-electron chi connectivity index (χ1n) is 5.40. The van der Waals surface area contributed by atoms with Crippen LogP contribution in [0.25, 0.3) is 0 Å². The van der Waals surface area contributed by atoms with E-state index in [0.717, 1.165) is 3.57 Å². The highest BCUT2D eigenvalue weighted by atomic mass is 127. The molecule has 0 fully saturated rings. The lowest BCUT2D eigenvalue weighted by Gasteiger charge is -2.17. The van der Waals surface area contributed by atoms with Gasteiger partial charge in [-0.2, -0.15) is 8.78 Å². The highest BCUT2D eigenvalue weighted by molar-refractivity contribution is 14.1. The highest BCUT2D eigenvalue weighted by Gasteiger charge is 2.32. The Kier molecular flexibility index (Phi) is 4.16. The van der Waals surface area contributed by atoms with Crippen molar-refractivity contribution in [2.24, 2.45) is 0 Å². The lowest BCUT2D eigenvalue weighted by Crippen LogP contribution is -2.23. The van der Waals surface area contributed by atoms with Gasteiger partial charge in [0.1, 0.15) is 5.75 Å². The molecule has 0 aliphatic heterocycles. The zero-order valence-corrected chi connectivity index (χ0v) is 11.6. The SMILES string of the molecule is FC(F)(COc1ccc(I)cc1)c1ccccc1. The molecule has 2 aromatic carbocycles. The standard InChI is InChI=1S/C14H11F2IO/c15-14(16,11-4-2-1-3-5-11)10-18-13-8-6-12(17)7-9-13/h1-9H,10H2. The molecule has 0 heterocycles. The quantitative estimate of drug-likeness (QED) is 0.732. The fraction of sp³-hybridized carbons (Fsp3) is 0.143.